The van der Waals surface area contributed by atoms with Gasteiger partial charge in [0, 0.05) is 30.3 Å². The lowest BCUT2D eigenvalue weighted by Gasteiger charge is -2.26. The molecule has 2 heterocycles. The number of hydrogen-bond donors (Lipinski definition) is 0. The third-order valence-electron chi connectivity index (χ3n) is 2.73. The molecule has 5 nitrogen and oxygen atoms in total. The van der Waals surface area contributed by atoms with E-state index in [1.54, 1.807) is 12.4 Å². The standard InChI is InChI=1S/C12H13N5/c1-12(9-16-17-13)5-7-15-11(8-12)10-4-2-3-6-14-10/h2-7H,8-9H2,1H3. The number of aliphatic imine (C=N–C) groups is 1. The molecule has 1 unspecified atom stereocenters. The van der Waals surface area contributed by atoms with Crippen LogP contribution in [-0.2, 0) is 0 Å². The van der Waals surface area contributed by atoms with Crippen LogP contribution in [0.15, 0.2) is 46.8 Å². The molecule has 2 rings (SSSR count). The SMILES string of the molecule is CC1(CN=[N+]=[N-])C=CN=C(c2ccccn2)C1. The predicted octanol–water partition coefficient (Wildman–Crippen LogP) is 3.10. The number of nitrogens with zero attached hydrogens (tertiary/aromatic N) is 5. The molecule has 0 aromatic carbocycles. The van der Waals surface area contributed by atoms with E-state index >= 15 is 0 Å². The van der Waals surface area contributed by atoms with Crippen molar-refractivity contribution in [2.75, 3.05) is 6.54 Å². The van der Waals surface area contributed by atoms with Gasteiger partial charge in [-0.15, -0.1) is 0 Å². The molecule has 0 radical (unpaired) electrons. The van der Waals surface area contributed by atoms with E-state index in [0.717, 1.165) is 17.8 Å². The highest BCUT2D eigenvalue weighted by Crippen LogP contribution is 2.29. The summed E-state index contributed by atoms with van der Waals surface area (Å²) in [7, 11) is 0. The Balaban J connectivity index is 2.21. The fraction of sp³-hybridized carbons (Fsp3) is 0.333. The Morgan fingerprint density at radius 2 is 2.41 bits per heavy atom. The van der Waals surface area contributed by atoms with Crippen molar-refractivity contribution < 1.29 is 0 Å². The Morgan fingerprint density at radius 1 is 1.53 bits per heavy atom. The van der Waals surface area contributed by atoms with Crippen molar-refractivity contribution in [3.05, 3.63) is 52.8 Å². The van der Waals surface area contributed by atoms with Crippen LogP contribution in [0, 0.1) is 5.41 Å². The van der Waals surface area contributed by atoms with Gasteiger partial charge in [-0.05, 0) is 23.1 Å². The number of hydrogen-bond acceptors (Lipinski definition) is 3. The topological polar surface area (TPSA) is 74.0 Å². The molecular weight excluding hydrogens is 214 g/mol. The second-order valence-electron chi connectivity index (χ2n) is 4.33. The van der Waals surface area contributed by atoms with Crippen LogP contribution < -0.4 is 0 Å². The van der Waals surface area contributed by atoms with Gasteiger partial charge in [0.15, 0.2) is 0 Å². The summed E-state index contributed by atoms with van der Waals surface area (Å²) >= 11 is 0. The maximum Gasteiger partial charge on any atom is 0.0844 e. The third-order valence-corrected chi connectivity index (χ3v) is 2.73. The molecule has 1 aliphatic rings. The molecule has 1 aromatic heterocycles. The van der Waals surface area contributed by atoms with Gasteiger partial charge in [-0.25, -0.2) is 0 Å². The number of pyridine rings is 1. The highest BCUT2D eigenvalue weighted by Gasteiger charge is 2.26. The molecule has 0 fully saturated rings. The van der Waals surface area contributed by atoms with Crippen molar-refractivity contribution in [2.45, 2.75) is 13.3 Å². The average Bonchev–Trinajstić information content (AvgIpc) is 2.38. The summed E-state index contributed by atoms with van der Waals surface area (Å²) in [5.74, 6) is 0. The first-order chi connectivity index (χ1) is 8.23. The first kappa shape index (κ1) is 11.4. The van der Waals surface area contributed by atoms with E-state index in [-0.39, 0.29) is 5.41 Å². The fourth-order valence-corrected chi connectivity index (χ4v) is 1.79. The number of aromatic nitrogens is 1. The molecule has 0 amide bonds. The van der Waals surface area contributed by atoms with Crippen LogP contribution in [0.1, 0.15) is 19.0 Å². The van der Waals surface area contributed by atoms with E-state index < -0.39 is 0 Å². The molecule has 0 bridgehead atoms. The average molecular weight is 227 g/mol. The van der Waals surface area contributed by atoms with E-state index in [0.29, 0.717) is 6.54 Å². The first-order valence-corrected chi connectivity index (χ1v) is 5.40. The summed E-state index contributed by atoms with van der Waals surface area (Å²) in [6.07, 6.45) is 6.23. The minimum absolute atomic E-state index is 0.166. The molecule has 0 saturated heterocycles. The van der Waals surface area contributed by atoms with Crippen LogP contribution in [0.2, 0.25) is 0 Å². The van der Waals surface area contributed by atoms with Gasteiger partial charge in [0.25, 0.3) is 0 Å². The molecule has 0 saturated carbocycles. The molecule has 0 aliphatic carbocycles. The van der Waals surface area contributed by atoms with E-state index in [2.05, 4.69) is 26.9 Å². The van der Waals surface area contributed by atoms with Crippen molar-refractivity contribution in [1.82, 2.24) is 4.98 Å². The van der Waals surface area contributed by atoms with E-state index in [1.165, 1.54) is 0 Å². The molecular formula is C12H13N5. The zero-order valence-electron chi connectivity index (χ0n) is 9.61. The minimum atomic E-state index is -0.166. The Labute approximate surface area is 99.5 Å². The zero-order chi connectivity index (χ0) is 12.1. The number of rotatable bonds is 3. The van der Waals surface area contributed by atoms with Crippen LogP contribution >= 0.6 is 0 Å². The van der Waals surface area contributed by atoms with E-state index in [9.17, 15) is 0 Å². The van der Waals surface area contributed by atoms with Gasteiger partial charge in [0.05, 0.1) is 11.4 Å². The lowest BCUT2D eigenvalue weighted by Crippen LogP contribution is -2.25. The zero-order valence-corrected chi connectivity index (χ0v) is 9.61. The molecule has 86 valence electrons. The van der Waals surface area contributed by atoms with E-state index in [4.69, 9.17) is 5.53 Å². The molecule has 0 N–H and O–H groups in total. The fourth-order valence-electron chi connectivity index (χ4n) is 1.79. The second-order valence-corrected chi connectivity index (χ2v) is 4.33. The molecule has 0 spiro atoms. The van der Waals surface area contributed by atoms with Gasteiger partial charge in [-0.3, -0.25) is 9.98 Å². The monoisotopic (exact) mass is 227 g/mol. The van der Waals surface area contributed by atoms with Crippen LogP contribution in [0.5, 0.6) is 0 Å². The minimum Gasteiger partial charge on any atom is -0.259 e. The van der Waals surface area contributed by atoms with Crippen LogP contribution in [0.4, 0.5) is 0 Å². The highest BCUT2D eigenvalue weighted by molar-refractivity contribution is 6.00. The second kappa shape index (κ2) is 4.80. The Bertz CT molecular complexity index is 499. The van der Waals surface area contributed by atoms with Gasteiger partial charge < -0.3 is 0 Å². The van der Waals surface area contributed by atoms with Gasteiger partial charge in [-0.1, -0.05) is 24.2 Å². The summed E-state index contributed by atoms with van der Waals surface area (Å²) in [4.78, 5) is 11.4. The summed E-state index contributed by atoms with van der Waals surface area (Å²) in [5, 5.41) is 3.65. The maximum atomic E-state index is 8.39. The van der Waals surface area contributed by atoms with Crippen molar-refractivity contribution in [3.8, 4) is 0 Å². The summed E-state index contributed by atoms with van der Waals surface area (Å²) in [6.45, 7) is 2.49. The Hall–Kier alpha value is -2.13. The van der Waals surface area contributed by atoms with Gasteiger partial charge in [-0.2, -0.15) is 0 Å². The van der Waals surface area contributed by atoms with Crippen molar-refractivity contribution in [3.63, 3.8) is 0 Å². The van der Waals surface area contributed by atoms with Crippen molar-refractivity contribution >= 4 is 5.71 Å². The summed E-state index contributed by atoms with van der Waals surface area (Å²) in [5.41, 5.74) is 10.0. The Morgan fingerprint density at radius 3 is 3.12 bits per heavy atom. The molecule has 5 heteroatoms. The van der Waals surface area contributed by atoms with Gasteiger partial charge >= 0.3 is 0 Å². The summed E-state index contributed by atoms with van der Waals surface area (Å²) in [6, 6.07) is 5.75. The number of azide groups is 1. The smallest absolute Gasteiger partial charge is 0.0844 e. The van der Waals surface area contributed by atoms with Crippen LogP contribution in [0.25, 0.3) is 10.4 Å². The Kier molecular flexibility index (Phi) is 3.21. The lowest BCUT2D eigenvalue weighted by molar-refractivity contribution is 0.454. The van der Waals surface area contributed by atoms with E-state index in [1.807, 2.05) is 24.3 Å². The van der Waals surface area contributed by atoms with Gasteiger partial charge in [0.1, 0.15) is 0 Å². The highest BCUT2D eigenvalue weighted by atomic mass is 15.1. The van der Waals surface area contributed by atoms with Gasteiger partial charge in [0.2, 0.25) is 0 Å². The largest absolute Gasteiger partial charge is 0.259 e. The molecule has 1 aliphatic heterocycles. The molecule has 1 aromatic rings. The molecule has 1 atom stereocenters. The summed E-state index contributed by atoms with van der Waals surface area (Å²) < 4.78 is 0. The quantitative estimate of drug-likeness (QED) is 0.444. The van der Waals surface area contributed by atoms with Crippen molar-refractivity contribution in [1.29, 1.82) is 0 Å². The molecule has 17 heavy (non-hydrogen) atoms. The van der Waals surface area contributed by atoms with Crippen LogP contribution in [0.3, 0.4) is 0 Å². The predicted molar refractivity (Wildman–Crippen MR) is 66.7 cm³/mol. The normalized spacial score (nSPS) is 22.8. The maximum absolute atomic E-state index is 8.39. The lowest BCUT2D eigenvalue weighted by atomic mass is 9.82. The third kappa shape index (κ3) is 2.71. The van der Waals surface area contributed by atoms with Crippen LogP contribution in [-0.4, -0.2) is 17.2 Å². The van der Waals surface area contributed by atoms with Crippen molar-refractivity contribution in [2.24, 2.45) is 15.5 Å². The first-order valence-electron chi connectivity index (χ1n) is 5.40.